The molecule has 2 fully saturated rings. The fourth-order valence-corrected chi connectivity index (χ4v) is 4.60. The van der Waals surface area contributed by atoms with Gasteiger partial charge in [0.25, 0.3) is 0 Å². The molecule has 34 heavy (non-hydrogen) atoms. The number of carbonyl (C=O) groups is 4. The third kappa shape index (κ3) is 6.05. The number of hydrogen-bond donors (Lipinski definition) is 4. The van der Waals surface area contributed by atoms with E-state index >= 15 is 0 Å². The predicted molar refractivity (Wildman–Crippen MR) is 128 cm³/mol. The first kappa shape index (κ1) is 25.5. The predicted octanol–water partition coefficient (Wildman–Crippen LogP) is -0.157. The van der Waals surface area contributed by atoms with E-state index < -0.39 is 18.1 Å². The Bertz CT molecular complexity index is 879. The van der Waals surface area contributed by atoms with Crippen LogP contribution < -0.4 is 21.3 Å². The van der Waals surface area contributed by atoms with Gasteiger partial charge in [-0.05, 0) is 45.2 Å². The molecule has 0 saturated carbocycles. The van der Waals surface area contributed by atoms with Crippen LogP contribution in [0.5, 0.6) is 0 Å². The molecular formula is C24H36N6O4. The molecule has 186 valence electrons. The molecule has 0 unspecified atom stereocenters. The summed E-state index contributed by atoms with van der Waals surface area (Å²) in [6.45, 7) is 2.66. The third-order valence-electron chi connectivity index (χ3n) is 6.69. The molecule has 0 bridgehead atoms. The van der Waals surface area contributed by atoms with Crippen LogP contribution in [0.3, 0.4) is 0 Å². The summed E-state index contributed by atoms with van der Waals surface area (Å²) in [4.78, 5) is 54.8. The quantitative estimate of drug-likeness (QED) is 0.439. The van der Waals surface area contributed by atoms with E-state index in [9.17, 15) is 19.2 Å². The van der Waals surface area contributed by atoms with Crippen molar-refractivity contribution in [2.75, 3.05) is 33.7 Å². The van der Waals surface area contributed by atoms with Crippen molar-refractivity contribution in [3.8, 4) is 0 Å². The molecule has 4 N–H and O–H groups in total. The first-order valence-electron chi connectivity index (χ1n) is 11.9. The van der Waals surface area contributed by atoms with Crippen LogP contribution in [-0.2, 0) is 20.8 Å². The van der Waals surface area contributed by atoms with Gasteiger partial charge in [-0.3, -0.25) is 14.4 Å². The highest BCUT2D eigenvalue weighted by molar-refractivity contribution is 5.94. The van der Waals surface area contributed by atoms with Crippen LogP contribution in [-0.4, -0.2) is 91.4 Å². The van der Waals surface area contributed by atoms with Gasteiger partial charge in [0.15, 0.2) is 0 Å². The Labute approximate surface area is 200 Å². The molecule has 0 radical (unpaired) electrons. The van der Waals surface area contributed by atoms with Crippen molar-refractivity contribution in [2.24, 2.45) is 0 Å². The molecule has 0 aromatic heterocycles. The summed E-state index contributed by atoms with van der Waals surface area (Å²) in [5, 5.41) is 11.2. The lowest BCUT2D eigenvalue weighted by atomic mass is 10.1. The van der Waals surface area contributed by atoms with Gasteiger partial charge in [0, 0.05) is 26.2 Å². The largest absolute Gasteiger partial charge is 0.354 e. The van der Waals surface area contributed by atoms with Crippen molar-refractivity contribution >= 4 is 23.8 Å². The minimum absolute atomic E-state index is 0.0479. The Morgan fingerprint density at radius 2 is 1.82 bits per heavy atom. The van der Waals surface area contributed by atoms with Crippen molar-refractivity contribution in [1.82, 2.24) is 31.1 Å². The van der Waals surface area contributed by atoms with Crippen LogP contribution in [0.25, 0.3) is 0 Å². The highest BCUT2D eigenvalue weighted by atomic mass is 16.2. The summed E-state index contributed by atoms with van der Waals surface area (Å²) < 4.78 is 0. The lowest BCUT2D eigenvalue weighted by Gasteiger charge is -2.38. The average Bonchev–Trinajstić information content (AvgIpc) is 3.27. The smallest absolute Gasteiger partial charge is 0.317 e. The molecule has 2 heterocycles. The lowest BCUT2D eigenvalue weighted by Crippen LogP contribution is -2.62. The number of nitrogens with zero attached hydrogens (tertiary/aromatic N) is 2. The Hall–Kier alpha value is -3.14. The van der Waals surface area contributed by atoms with E-state index in [1.54, 1.807) is 23.8 Å². The van der Waals surface area contributed by atoms with Crippen LogP contribution in [0.15, 0.2) is 30.3 Å². The summed E-state index contributed by atoms with van der Waals surface area (Å²) >= 11 is 0. The molecule has 10 nitrogen and oxygen atoms in total. The second kappa shape index (κ2) is 11.8. The molecule has 0 aliphatic carbocycles. The van der Waals surface area contributed by atoms with E-state index in [4.69, 9.17) is 0 Å². The van der Waals surface area contributed by atoms with Crippen molar-refractivity contribution in [3.63, 3.8) is 0 Å². The number of carbonyl (C=O) groups excluding carboxylic acids is 4. The van der Waals surface area contributed by atoms with Gasteiger partial charge in [0.2, 0.25) is 17.7 Å². The maximum absolute atomic E-state index is 13.6. The Morgan fingerprint density at radius 3 is 2.50 bits per heavy atom. The molecule has 2 aliphatic heterocycles. The van der Waals surface area contributed by atoms with Crippen molar-refractivity contribution < 1.29 is 19.2 Å². The fourth-order valence-electron chi connectivity index (χ4n) is 4.60. The minimum atomic E-state index is -0.930. The summed E-state index contributed by atoms with van der Waals surface area (Å²) in [6.07, 6.45) is 2.53. The Morgan fingerprint density at radius 1 is 1.09 bits per heavy atom. The average molecular weight is 473 g/mol. The van der Waals surface area contributed by atoms with E-state index in [1.165, 1.54) is 7.05 Å². The topological polar surface area (TPSA) is 123 Å². The zero-order valence-electron chi connectivity index (χ0n) is 20.2. The van der Waals surface area contributed by atoms with Crippen LogP contribution in [0.1, 0.15) is 31.7 Å². The molecule has 10 heteroatoms. The van der Waals surface area contributed by atoms with Gasteiger partial charge in [0.1, 0.15) is 12.1 Å². The number of fused-ring (bicyclic) bond motifs is 1. The highest BCUT2D eigenvalue weighted by Crippen LogP contribution is 2.29. The Kier molecular flexibility index (Phi) is 8.86. The number of hydrogen-bond acceptors (Lipinski definition) is 5. The highest BCUT2D eigenvalue weighted by Gasteiger charge is 2.45. The molecule has 4 atom stereocenters. The summed E-state index contributed by atoms with van der Waals surface area (Å²) in [5.41, 5.74) is 1.13. The van der Waals surface area contributed by atoms with Gasteiger partial charge in [-0.2, -0.15) is 0 Å². The SMILES string of the molecule is CNC(=O)N1CC[C@H]2CC[C@@H](C(=O)NCCc3ccccc3)N2C(=O)[C@@H](NC(=O)[C@H](C)NC)C1. The summed E-state index contributed by atoms with van der Waals surface area (Å²) in [5.74, 6) is -0.835. The number of likely N-dealkylation sites (N-methyl/N-ethyl adjacent to an activating group) is 1. The monoisotopic (exact) mass is 472 g/mol. The van der Waals surface area contributed by atoms with Crippen LogP contribution in [0.2, 0.25) is 0 Å². The van der Waals surface area contributed by atoms with E-state index in [-0.39, 0.29) is 36.3 Å². The summed E-state index contributed by atoms with van der Waals surface area (Å²) in [7, 11) is 3.20. The zero-order valence-corrected chi connectivity index (χ0v) is 20.2. The fraction of sp³-hybridized carbons (Fsp3) is 0.583. The van der Waals surface area contributed by atoms with Gasteiger partial charge in [0.05, 0.1) is 12.6 Å². The molecule has 2 aliphatic rings. The number of amides is 5. The lowest BCUT2D eigenvalue weighted by molar-refractivity contribution is -0.144. The van der Waals surface area contributed by atoms with Crippen molar-refractivity contribution in [2.45, 2.75) is 56.8 Å². The molecule has 0 spiro atoms. The van der Waals surface area contributed by atoms with Crippen LogP contribution in [0.4, 0.5) is 4.79 Å². The van der Waals surface area contributed by atoms with Gasteiger partial charge in [-0.15, -0.1) is 0 Å². The summed E-state index contributed by atoms with van der Waals surface area (Å²) in [6, 6.07) is 7.42. The second-order valence-electron chi connectivity index (χ2n) is 8.88. The normalized spacial score (nSPS) is 23.4. The Balaban J connectivity index is 1.73. The number of rotatable bonds is 7. The van der Waals surface area contributed by atoms with Gasteiger partial charge >= 0.3 is 6.03 Å². The molecule has 2 saturated heterocycles. The van der Waals surface area contributed by atoms with E-state index in [1.807, 2.05) is 30.3 Å². The van der Waals surface area contributed by atoms with E-state index in [2.05, 4.69) is 21.3 Å². The standard InChI is InChI=1S/C24H36N6O4/c1-16(25-2)21(31)28-19-15-29(24(34)26-3)14-12-18-9-10-20(30(18)23(19)33)22(32)27-13-11-17-7-5-4-6-8-17/h4-8,16,18-20,25H,9-15H2,1-3H3,(H,26,34)(H,27,32)(H,28,31)/t16-,18+,19-,20-/m0/s1. The second-order valence-corrected chi connectivity index (χ2v) is 8.88. The minimum Gasteiger partial charge on any atom is -0.354 e. The van der Waals surface area contributed by atoms with Crippen LogP contribution in [0, 0.1) is 0 Å². The van der Waals surface area contributed by atoms with Gasteiger partial charge in [-0.1, -0.05) is 30.3 Å². The first-order chi connectivity index (χ1) is 16.3. The number of nitrogens with one attached hydrogen (secondary N) is 4. The van der Waals surface area contributed by atoms with Crippen molar-refractivity contribution in [3.05, 3.63) is 35.9 Å². The third-order valence-corrected chi connectivity index (χ3v) is 6.69. The maximum Gasteiger partial charge on any atom is 0.317 e. The van der Waals surface area contributed by atoms with Crippen LogP contribution >= 0.6 is 0 Å². The van der Waals surface area contributed by atoms with E-state index in [0.717, 1.165) is 5.56 Å². The number of benzene rings is 1. The van der Waals surface area contributed by atoms with Gasteiger partial charge < -0.3 is 31.1 Å². The van der Waals surface area contributed by atoms with E-state index in [0.29, 0.717) is 38.8 Å². The van der Waals surface area contributed by atoms with Crippen molar-refractivity contribution in [1.29, 1.82) is 0 Å². The molecule has 3 rings (SSSR count). The molecule has 5 amide bonds. The molecule has 1 aromatic rings. The molecular weight excluding hydrogens is 436 g/mol. The number of urea groups is 1. The zero-order chi connectivity index (χ0) is 24.7. The maximum atomic E-state index is 13.6. The molecule has 1 aromatic carbocycles. The van der Waals surface area contributed by atoms with Gasteiger partial charge in [-0.25, -0.2) is 4.79 Å². The first-order valence-corrected chi connectivity index (χ1v) is 11.9.